The molecule has 0 atom stereocenters. The number of rotatable bonds is 2. The molecule has 0 aromatic carbocycles. The smallest absolute Gasteiger partial charge is 0.356 e. The van der Waals surface area contributed by atoms with Gasteiger partial charge in [-0.3, -0.25) is 4.79 Å². The third-order valence-electron chi connectivity index (χ3n) is 4.06. The number of carbonyl (C=O) groups is 1. The van der Waals surface area contributed by atoms with E-state index in [1.54, 1.807) is 17.2 Å². The molecule has 0 saturated carbocycles. The van der Waals surface area contributed by atoms with Crippen LogP contribution in [-0.2, 0) is 6.18 Å². The van der Waals surface area contributed by atoms with E-state index in [4.69, 9.17) is 11.6 Å². The first-order chi connectivity index (χ1) is 11.8. The van der Waals surface area contributed by atoms with Crippen molar-refractivity contribution in [2.45, 2.75) is 12.6 Å². The van der Waals surface area contributed by atoms with E-state index in [0.29, 0.717) is 49.1 Å². The van der Waals surface area contributed by atoms with Crippen molar-refractivity contribution in [3.05, 3.63) is 46.9 Å². The standard InChI is InChI=1S/C16H16ClF3N4O/c17-12-8-13(21-10-12)15(25)24-5-1-4-23(6-7-24)14-3-2-11(9-22-14)16(18,19)20/h2-3,8-10,21H,1,4-7H2. The number of pyridine rings is 1. The highest BCUT2D eigenvalue weighted by Crippen LogP contribution is 2.29. The summed E-state index contributed by atoms with van der Waals surface area (Å²) in [6.07, 6.45) is -1.32. The summed E-state index contributed by atoms with van der Waals surface area (Å²) >= 11 is 5.83. The van der Waals surface area contributed by atoms with Gasteiger partial charge in [0.15, 0.2) is 0 Å². The van der Waals surface area contributed by atoms with Crippen molar-refractivity contribution in [3.8, 4) is 0 Å². The quantitative estimate of drug-likeness (QED) is 0.878. The Morgan fingerprint density at radius 2 is 2.00 bits per heavy atom. The first kappa shape index (κ1) is 17.6. The summed E-state index contributed by atoms with van der Waals surface area (Å²) in [5.74, 6) is 0.333. The van der Waals surface area contributed by atoms with Crippen LogP contribution in [0.2, 0.25) is 5.02 Å². The van der Waals surface area contributed by atoms with E-state index in [0.717, 1.165) is 12.3 Å². The molecule has 0 spiro atoms. The molecule has 5 nitrogen and oxygen atoms in total. The largest absolute Gasteiger partial charge is 0.417 e. The van der Waals surface area contributed by atoms with Gasteiger partial charge < -0.3 is 14.8 Å². The van der Waals surface area contributed by atoms with Crippen molar-refractivity contribution in [2.75, 3.05) is 31.1 Å². The molecule has 3 rings (SSSR count). The zero-order valence-electron chi connectivity index (χ0n) is 13.2. The van der Waals surface area contributed by atoms with Crippen LogP contribution in [0.3, 0.4) is 0 Å². The van der Waals surface area contributed by atoms with Gasteiger partial charge >= 0.3 is 6.18 Å². The number of anilines is 1. The molecular formula is C16H16ClF3N4O. The number of aromatic amines is 1. The molecule has 134 valence electrons. The number of nitrogens with one attached hydrogen (secondary N) is 1. The number of nitrogens with zero attached hydrogens (tertiary/aromatic N) is 3. The van der Waals surface area contributed by atoms with Crippen LogP contribution in [0.15, 0.2) is 30.6 Å². The second-order valence-electron chi connectivity index (χ2n) is 5.77. The molecular weight excluding hydrogens is 357 g/mol. The number of carbonyl (C=O) groups excluding carboxylic acids is 1. The lowest BCUT2D eigenvalue weighted by molar-refractivity contribution is -0.137. The predicted molar refractivity (Wildman–Crippen MR) is 87.8 cm³/mol. The predicted octanol–water partition coefficient (Wildman–Crippen LogP) is 3.43. The maximum absolute atomic E-state index is 12.6. The minimum Gasteiger partial charge on any atom is -0.356 e. The Balaban J connectivity index is 1.66. The molecule has 1 aliphatic rings. The van der Waals surface area contributed by atoms with Crippen LogP contribution >= 0.6 is 11.6 Å². The van der Waals surface area contributed by atoms with E-state index < -0.39 is 11.7 Å². The van der Waals surface area contributed by atoms with Crippen molar-refractivity contribution in [2.24, 2.45) is 0 Å². The Morgan fingerprint density at radius 3 is 2.60 bits per heavy atom. The third kappa shape index (κ3) is 4.07. The normalized spacial score (nSPS) is 16.0. The first-order valence-corrected chi connectivity index (χ1v) is 8.14. The van der Waals surface area contributed by atoms with Gasteiger partial charge in [-0.25, -0.2) is 4.98 Å². The maximum Gasteiger partial charge on any atom is 0.417 e. The van der Waals surface area contributed by atoms with Crippen LogP contribution in [0.4, 0.5) is 19.0 Å². The zero-order chi connectivity index (χ0) is 18.0. The van der Waals surface area contributed by atoms with Gasteiger partial charge in [0.05, 0.1) is 10.6 Å². The van der Waals surface area contributed by atoms with Crippen LogP contribution in [0.5, 0.6) is 0 Å². The van der Waals surface area contributed by atoms with E-state index in [-0.39, 0.29) is 5.91 Å². The average molecular weight is 373 g/mol. The molecule has 3 heterocycles. The lowest BCUT2D eigenvalue weighted by atomic mass is 10.2. The molecule has 2 aromatic heterocycles. The number of hydrogen-bond acceptors (Lipinski definition) is 3. The van der Waals surface area contributed by atoms with Gasteiger partial charge in [0, 0.05) is 38.6 Å². The summed E-state index contributed by atoms with van der Waals surface area (Å²) in [6.45, 7) is 2.14. The van der Waals surface area contributed by atoms with Crippen molar-refractivity contribution in [1.29, 1.82) is 0 Å². The summed E-state index contributed by atoms with van der Waals surface area (Å²) < 4.78 is 37.9. The Labute approximate surface area is 147 Å². The molecule has 0 unspecified atom stereocenters. The molecule has 1 amide bonds. The zero-order valence-corrected chi connectivity index (χ0v) is 13.9. The second-order valence-corrected chi connectivity index (χ2v) is 6.20. The SMILES string of the molecule is O=C(c1cc(Cl)c[nH]1)N1CCCN(c2ccc(C(F)(F)F)cn2)CC1. The fraction of sp³-hybridized carbons (Fsp3) is 0.375. The fourth-order valence-electron chi connectivity index (χ4n) is 2.75. The average Bonchev–Trinajstić information content (AvgIpc) is 2.86. The number of alkyl halides is 3. The van der Waals surface area contributed by atoms with E-state index in [9.17, 15) is 18.0 Å². The Kier molecular flexibility index (Phi) is 4.89. The van der Waals surface area contributed by atoms with Crippen LogP contribution in [0.1, 0.15) is 22.5 Å². The van der Waals surface area contributed by atoms with Gasteiger partial charge in [-0.2, -0.15) is 13.2 Å². The molecule has 0 radical (unpaired) electrons. The van der Waals surface area contributed by atoms with Gasteiger partial charge in [0.2, 0.25) is 0 Å². The summed E-state index contributed by atoms with van der Waals surface area (Å²) in [7, 11) is 0. The minimum absolute atomic E-state index is 0.144. The lowest BCUT2D eigenvalue weighted by Crippen LogP contribution is -2.35. The molecule has 1 aliphatic heterocycles. The number of halogens is 4. The van der Waals surface area contributed by atoms with Gasteiger partial charge in [-0.05, 0) is 24.6 Å². The van der Waals surface area contributed by atoms with E-state index in [1.807, 2.05) is 4.90 Å². The topological polar surface area (TPSA) is 52.2 Å². The number of aromatic nitrogens is 2. The molecule has 0 bridgehead atoms. The summed E-state index contributed by atoms with van der Waals surface area (Å²) in [5.41, 5.74) is -0.349. The van der Waals surface area contributed by atoms with Crippen molar-refractivity contribution in [3.63, 3.8) is 0 Å². The van der Waals surface area contributed by atoms with Gasteiger partial charge in [-0.1, -0.05) is 11.6 Å². The van der Waals surface area contributed by atoms with E-state index in [1.165, 1.54) is 6.07 Å². The van der Waals surface area contributed by atoms with Crippen LogP contribution in [0, 0.1) is 0 Å². The monoisotopic (exact) mass is 372 g/mol. The van der Waals surface area contributed by atoms with Gasteiger partial charge in [-0.15, -0.1) is 0 Å². The van der Waals surface area contributed by atoms with Crippen LogP contribution < -0.4 is 4.90 Å². The Bertz CT molecular complexity index is 745. The highest BCUT2D eigenvalue weighted by molar-refractivity contribution is 6.30. The molecule has 0 aliphatic carbocycles. The van der Waals surface area contributed by atoms with E-state index >= 15 is 0 Å². The highest BCUT2D eigenvalue weighted by atomic mass is 35.5. The Hall–Kier alpha value is -2.22. The highest BCUT2D eigenvalue weighted by Gasteiger charge is 2.31. The van der Waals surface area contributed by atoms with Crippen molar-refractivity contribution >= 4 is 23.3 Å². The molecule has 1 N–H and O–H groups in total. The summed E-state index contributed by atoms with van der Waals surface area (Å²) in [6, 6.07) is 3.96. The fourth-order valence-corrected chi connectivity index (χ4v) is 2.92. The minimum atomic E-state index is -4.40. The Morgan fingerprint density at radius 1 is 1.20 bits per heavy atom. The third-order valence-corrected chi connectivity index (χ3v) is 4.28. The van der Waals surface area contributed by atoms with E-state index in [2.05, 4.69) is 9.97 Å². The van der Waals surface area contributed by atoms with Crippen LogP contribution in [-0.4, -0.2) is 47.0 Å². The number of H-pyrrole nitrogens is 1. The summed E-state index contributed by atoms with van der Waals surface area (Å²) in [4.78, 5) is 22.8. The number of amides is 1. The van der Waals surface area contributed by atoms with Crippen molar-refractivity contribution < 1.29 is 18.0 Å². The molecule has 1 fully saturated rings. The molecule has 9 heteroatoms. The van der Waals surface area contributed by atoms with Crippen LogP contribution in [0.25, 0.3) is 0 Å². The maximum atomic E-state index is 12.6. The first-order valence-electron chi connectivity index (χ1n) is 7.76. The number of hydrogen-bond donors (Lipinski definition) is 1. The summed E-state index contributed by atoms with van der Waals surface area (Å²) in [5, 5.41) is 0.466. The van der Waals surface area contributed by atoms with Gasteiger partial charge in [0.1, 0.15) is 11.5 Å². The lowest BCUT2D eigenvalue weighted by Gasteiger charge is -2.23. The van der Waals surface area contributed by atoms with Gasteiger partial charge in [0.25, 0.3) is 5.91 Å². The van der Waals surface area contributed by atoms with Crippen molar-refractivity contribution in [1.82, 2.24) is 14.9 Å². The second kappa shape index (κ2) is 6.95. The molecule has 1 saturated heterocycles. The molecule has 25 heavy (non-hydrogen) atoms. The molecule has 2 aromatic rings.